The Kier molecular flexibility index (Phi) is 3.03. The maximum atomic E-state index is 12.2. The van der Waals surface area contributed by atoms with Crippen LogP contribution in [-0.4, -0.2) is 11.1 Å². The molecule has 0 fully saturated rings. The lowest BCUT2D eigenvalue weighted by molar-refractivity contribution is -0.137. The fourth-order valence-corrected chi connectivity index (χ4v) is 1.81. The van der Waals surface area contributed by atoms with E-state index in [1.54, 1.807) is 24.3 Å². The predicted molar refractivity (Wildman–Crippen MR) is 66.1 cm³/mol. The van der Waals surface area contributed by atoms with Gasteiger partial charge in [-0.15, -0.1) is 0 Å². The van der Waals surface area contributed by atoms with E-state index >= 15 is 0 Å². The second-order valence-electron chi connectivity index (χ2n) is 3.91. The topological polar surface area (TPSA) is 120 Å². The van der Waals surface area contributed by atoms with E-state index in [9.17, 15) is 9.59 Å². The first-order valence-electron chi connectivity index (χ1n) is 5.29. The number of carboxylic acids is 1. The molecule has 0 aliphatic carbocycles. The van der Waals surface area contributed by atoms with Gasteiger partial charge in [-0.1, -0.05) is 12.1 Å². The highest BCUT2D eigenvalue weighted by Crippen LogP contribution is 2.22. The van der Waals surface area contributed by atoms with Crippen molar-refractivity contribution < 1.29 is 14.3 Å². The molecule has 1 heterocycles. The van der Waals surface area contributed by atoms with Gasteiger partial charge in [-0.3, -0.25) is 9.59 Å². The molecule has 1 unspecified atom stereocenters. The van der Waals surface area contributed by atoms with Crippen LogP contribution >= 0.6 is 0 Å². The molecular formula is C12H12N2O4. The second kappa shape index (κ2) is 4.50. The third-order valence-electron chi connectivity index (χ3n) is 2.63. The molecule has 2 aromatic rings. The first-order valence-corrected chi connectivity index (χ1v) is 5.29. The van der Waals surface area contributed by atoms with Crippen LogP contribution < -0.4 is 16.9 Å². The zero-order chi connectivity index (χ0) is 13.3. The first kappa shape index (κ1) is 12.1. The van der Waals surface area contributed by atoms with Crippen LogP contribution in [0.5, 0.6) is 0 Å². The molecular weight excluding hydrogens is 236 g/mol. The van der Waals surface area contributed by atoms with Crippen LogP contribution in [0.2, 0.25) is 0 Å². The van der Waals surface area contributed by atoms with Crippen LogP contribution in [-0.2, 0) is 4.79 Å². The third kappa shape index (κ3) is 2.05. The summed E-state index contributed by atoms with van der Waals surface area (Å²) in [5.74, 6) is -1.23. The summed E-state index contributed by atoms with van der Waals surface area (Å²) in [7, 11) is 0. The number of hydrogen-bond acceptors (Lipinski definition) is 5. The maximum Gasteiger partial charge on any atom is 0.305 e. The van der Waals surface area contributed by atoms with Crippen molar-refractivity contribution in [1.82, 2.24) is 0 Å². The summed E-state index contributed by atoms with van der Waals surface area (Å²) >= 11 is 0. The Bertz CT molecular complexity index is 663. The zero-order valence-corrected chi connectivity index (χ0v) is 9.42. The van der Waals surface area contributed by atoms with Gasteiger partial charge in [-0.2, -0.15) is 0 Å². The van der Waals surface area contributed by atoms with Crippen LogP contribution in [0.3, 0.4) is 0 Å². The number of fused-ring (bicyclic) bond motifs is 1. The van der Waals surface area contributed by atoms with Crippen molar-refractivity contribution in [2.45, 2.75) is 12.5 Å². The van der Waals surface area contributed by atoms with Gasteiger partial charge in [0.25, 0.3) is 0 Å². The van der Waals surface area contributed by atoms with Gasteiger partial charge in [-0.05, 0) is 12.1 Å². The van der Waals surface area contributed by atoms with Crippen molar-refractivity contribution >= 4 is 22.8 Å². The van der Waals surface area contributed by atoms with E-state index in [1.165, 1.54) is 0 Å². The Hall–Kier alpha value is -2.34. The van der Waals surface area contributed by atoms with Crippen molar-refractivity contribution in [2.75, 3.05) is 5.73 Å². The number of nitrogen functional groups attached to an aromatic ring is 1. The molecule has 6 nitrogen and oxygen atoms in total. The maximum absolute atomic E-state index is 12.2. The van der Waals surface area contributed by atoms with Gasteiger partial charge >= 0.3 is 5.97 Å². The van der Waals surface area contributed by atoms with Crippen LogP contribution in [0.25, 0.3) is 11.0 Å². The number of rotatable bonds is 3. The molecule has 18 heavy (non-hydrogen) atoms. The number of nitrogens with two attached hydrogens (primary N) is 2. The molecule has 0 amide bonds. The normalized spacial score (nSPS) is 12.5. The molecule has 1 atom stereocenters. The van der Waals surface area contributed by atoms with Crippen molar-refractivity contribution in [3.05, 3.63) is 40.1 Å². The molecule has 6 heteroatoms. The average molecular weight is 248 g/mol. The second-order valence-corrected chi connectivity index (χ2v) is 3.91. The fourth-order valence-electron chi connectivity index (χ4n) is 1.81. The van der Waals surface area contributed by atoms with Crippen LogP contribution in [0.15, 0.2) is 33.5 Å². The minimum Gasteiger partial charge on any atom is -0.481 e. The summed E-state index contributed by atoms with van der Waals surface area (Å²) in [6, 6.07) is 5.60. The molecule has 0 bridgehead atoms. The average Bonchev–Trinajstić information content (AvgIpc) is 2.27. The van der Waals surface area contributed by atoms with E-state index in [2.05, 4.69) is 0 Å². The number of para-hydroxylation sites is 1. The molecule has 0 saturated heterocycles. The van der Waals surface area contributed by atoms with Gasteiger partial charge in [0.05, 0.1) is 17.4 Å². The minimum absolute atomic E-state index is 0.0103. The molecule has 5 N–H and O–H groups in total. The standard InChI is InChI=1S/C12H12N2O4/c13-7(5-9(15)16)10-11(17)6-3-1-2-4-8(6)18-12(10)14/h1-4,7H,5,13-14H2,(H,15,16). The number of aliphatic carboxylic acids is 1. The lowest BCUT2D eigenvalue weighted by Gasteiger charge is -2.11. The van der Waals surface area contributed by atoms with Gasteiger partial charge in [0, 0.05) is 6.04 Å². The highest BCUT2D eigenvalue weighted by molar-refractivity contribution is 5.79. The molecule has 1 aromatic heterocycles. The molecule has 2 rings (SSSR count). The SMILES string of the molecule is Nc1oc2ccccc2c(=O)c1C(N)CC(=O)O. The third-order valence-corrected chi connectivity index (χ3v) is 2.63. The highest BCUT2D eigenvalue weighted by Gasteiger charge is 2.20. The van der Waals surface area contributed by atoms with Crippen LogP contribution in [0.4, 0.5) is 5.88 Å². The first-order chi connectivity index (χ1) is 8.50. The van der Waals surface area contributed by atoms with E-state index in [-0.39, 0.29) is 23.3 Å². The van der Waals surface area contributed by atoms with Crippen LogP contribution in [0, 0.1) is 0 Å². The molecule has 0 saturated carbocycles. The van der Waals surface area contributed by atoms with Gasteiger partial charge in [0.1, 0.15) is 5.58 Å². The summed E-state index contributed by atoms with van der Waals surface area (Å²) in [6.07, 6.45) is -0.382. The summed E-state index contributed by atoms with van der Waals surface area (Å²) in [4.78, 5) is 22.8. The number of carbonyl (C=O) groups is 1. The fraction of sp³-hybridized carbons (Fsp3) is 0.167. The molecule has 0 aliphatic rings. The van der Waals surface area contributed by atoms with Crippen molar-refractivity contribution in [3.63, 3.8) is 0 Å². The molecule has 1 aromatic carbocycles. The lowest BCUT2D eigenvalue weighted by Crippen LogP contribution is -2.24. The summed E-state index contributed by atoms with van der Waals surface area (Å²) in [5, 5.41) is 9.02. The van der Waals surface area contributed by atoms with Gasteiger partial charge in [0.15, 0.2) is 11.3 Å². The van der Waals surface area contributed by atoms with Gasteiger partial charge in [-0.25, -0.2) is 0 Å². The summed E-state index contributed by atoms with van der Waals surface area (Å²) in [6.45, 7) is 0. The Labute approximate surface area is 102 Å². The largest absolute Gasteiger partial charge is 0.481 e. The van der Waals surface area contributed by atoms with E-state index in [1.807, 2.05) is 0 Å². The predicted octanol–water partition coefficient (Wildman–Crippen LogP) is 0.850. The van der Waals surface area contributed by atoms with Crippen molar-refractivity contribution in [1.29, 1.82) is 0 Å². The quantitative estimate of drug-likeness (QED) is 0.740. The zero-order valence-electron chi connectivity index (χ0n) is 9.42. The van der Waals surface area contributed by atoms with E-state index in [0.29, 0.717) is 11.0 Å². The van der Waals surface area contributed by atoms with E-state index in [4.69, 9.17) is 21.0 Å². The number of hydrogen-bond donors (Lipinski definition) is 3. The Morgan fingerprint density at radius 2 is 2.06 bits per heavy atom. The number of anilines is 1. The Morgan fingerprint density at radius 3 is 2.72 bits per heavy atom. The van der Waals surface area contributed by atoms with Crippen molar-refractivity contribution in [3.8, 4) is 0 Å². The summed E-state index contributed by atoms with van der Waals surface area (Å²) < 4.78 is 5.28. The van der Waals surface area contributed by atoms with E-state index in [0.717, 1.165) is 0 Å². The molecule has 94 valence electrons. The molecule has 0 spiro atoms. The molecule has 0 radical (unpaired) electrons. The Morgan fingerprint density at radius 1 is 1.39 bits per heavy atom. The minimum atomic E-state index is -1.10. The lowest BCUT2D eigenvalue weighted by atomic mass is 10.0. The Balaban J connectivity index is 2.64. The number of benzene rings is 1. The molecule has 0 aliphatic heterocycles. The van der Waals surface area contributed by atoms with Gasteiger partial charge < -0.3 is 21.0 Å². The van der Waals surface area contributed by atoms with Gasteiger partial charge in [0.2, 0.25) is 0 Å². The highest BCUT2D eigenvalue weighted by atomic mass is 16.4. The van der Waals surface area contributed by atoms with Crippen molar-refractivity contribution in [2.24, 2.45) is 5.73 Å². The van der Waals surface area contributed by atoms with Crippen LogP contribution in [0.1, 0.15) is 18.0 Å². The smallest absolute Gasteiger partial charge is 0.305 e. The number of carboxylic acid groups (broad SMARTS) is 1. The summed E-state index contributed by atoms with van der Waals surface area (Å²) in [5.41, 5.74) is 11.3. The monoisotopic (exact) mass is 248 g/mol. The van der Waals surface area contributed by atoms with E-state index < -0.39 is 12.0 Å².